The molecule has 1 saturated carbocycles. The maximum absolute atomic E-state index is 13.0. The maximum Gasteiger partial charge on any atom is 0.270 e. The summed E-state index contributed by atoms with van der Waals surface area (Å²) < 4.78 is 1.82. The minimum absolute atomic E-state index is 0.168. The third-order valence-corrected chi connectivity index (χ3v) is 4.69. The van der Waals surface area contributed by atoms with Gasteiger partial charge in [-0.15, -0.1) is 0 Å². The first-order valence-electron chi connectivity index (χ1n) is 8.76. The van der Waals surface area contributed by atoms with E-state index < -0.39 is 0 Å². The summed E-state index contributed by atoms with van der Waals surface area (Å²) in [6, 6.07) is 9.37. The van der Waals surface area contributed by atoms with Gasteiger partial charge in [-0.05, 0) is 31.2 Å². The van der Waals surface area contributed by atoms with E-state index in [0.29, 0.717) is 29.5 Å². The van der Waals surface area contributed by atoms with Gasteiger partial charge in [0.15, 0.2) is 5.82 Å². The fourth-order valence-corrected chi connectivity index (χ4v) is 3.21. The van der Waals surface area contributed by atoms with Gasteiger partial charge >= 0.3 is 0 Å². The van der Waals surface area contributed by atoms with Crippen LogP contribution in [0.5, 0.6) is 0 Å². The van der Waals surface area contributed by atoms with Crippen LogP contribution in [0, 0.1) is 5.92 Å². The second-order valence-corrected chi connectivity index (χ2v) is 6.45. The van der Waals surface area contributed by atoms with Crippen molar-refractivity contribution in [3.05, 3.63) is 48.2 Å². The number of carbonyl (C=O) groups is 1. The minimum Gasteiger partial charge on any atom is -0.382 e. The molecular formula is C18H21N7O. The molecule has 2 aromatic heterocycles. The average Bonchev–Trinajstić information content (AvgIpc) is 3.26. The highest BCUT2D eigenvalue weighted by atomic mass is 16.2. The van der Waals surface area contributed by atoms with Crippen LogP contribution in [0.4, 0.5) is 5.82 Å². The summed E-state index contributed by atoms with van der Waals surface area (Å²) in [5.41, 5.74) is 7.84. The van der Waals surface area contributed by atoms with Gasteiger partial charge in [0.05, 0.1) is 11.6 Å². The number of aromatic nitrogens is 5. The Morgan fingerprint density at radius 1 is 1.38 bits per heavy atom. The Morgan fingerprint density at radius 3 is 2.85 bits per heavy atom. The van der Waals surface area contributed by atoms with Crippen LogP contribution >= 0.6 is 0 Å². The van der Waals surface area contributed by atoms with Crippen molar-refractivity contribution in [3.63, 3.8) is 0 Å². The van der Waals surface area contributed by atoms with Crippen molar-refractivity contribution in [2.75, 3.05) is 5.73 Å². The first kappa shape index (κ1) is 16.3. The largest absolute Gasteiger partial charge is 0.382 e. The molecule has 3 aromatic rings. The van der Waals surface area contributed by atoms with Crippen molar-refractivity contribution in [1.29, 1.82) is 0 Å². The molecule has 1 fully saturated rings. The number of nitrogen functional groups attached to an aromatic ring is 1. The van der Waals surface area contributed by atoms with Crippen molar-refractivity contribution in [2.24, 2.45) is 5.92 Å². The summed E-state index contributed by atoms with van der Waals surface area (Å²) in [6.45, 7) is 2.72. The van der Waals surface area contributed by atoms with Crippen molar-refractivity contribution >= 4 is 11.7 Å². The number of carbonyl (C=O) groups excluding carboxylic acids is 1. The zero-order valence-electron chi connectivity index (χ0n) is 14.5. The normalized spacial score (nSPS) is 15.0. The lowest BCUT2D eigenvalue weighted by molar-refractivity contribution is 0.0924. The summed E-state index contributed by atoms with van der Waals surface area (Å²) in [6.07, 6.45) is 3.67. The van der Waals surface area contributed by atoms with Crippen molar-refractivity contribution < 1.29 is 4.79 Å². The number of nitrogens with zero attached hydrogens (tertiary/aromatic N) is 4. The van der Waals surface area contributed by atoms with Crippen molar-refractivity contribution in [1.82, 2.24) is 30.3 Å². The molecule has 1 unspecified atom stereocenters. The Kier molecular flexibility index (Phi) is 4.16. The number of aryl methyl sites for hydroxylation is 1. The summed E-state index contributed by atoms with van der Waals surface area (Å²) in [7, 11) is 0. The van der Waals surface area contributed by atoms with Crippen LogP contribution in [-0.2, 0) is 6.54 Å². The lowest BCUT2D eigenvalue weighted by atomic mass is 10.0. The number of hydrogen-bond donors (Lipinski definition) is 3. The number of amides is 1. The molecule has 0 bridgehead atoms. The standard InChI is InChI=1S/C18H21N7O/c1-2-25-17(20-10-21-25)14(12-8-9-12)22-18(26)15-13(16(19)24-23-15)11-6-4-3-5-7-11/h3-7,10,12,14H,2,8-9H2,1H3,(H,22,26)(H3,19,23,24). The van der Waals surface area contributed by atoms with Crippen molar-refractivity contribution in [2.45, 2.75) is 32.4 Å². The molecule has 134 valence electrons. The van der Waals surface area contributed by atoms with E-state index >= 15 is 0 Å². The van der Waals surface area contributed by atoms with Crippen LogP contribution in [0.3, 0.4) is 0 Å². The molecule has 26 heavy (non-hydrogen) atoms. The molecule has 4 rings (SSSR count). The monoisotopic (exact) mass is 351 g/mol. The van der Waals surface area contributed by atoms with Crippen LogP contribution in [0.25, 0.3) is 11.1 Å². The van der Waals surface area contributed by atoms with E-state index in [1.165, 1.54) is 6.33 Å². The van der Waals surface area contributed by atoms with Gasteiger partial charge < -0.3 is 11.1 Å². The number of hydrogen-bond acceptors (Lipinski definition) is 5. The number of aromatic amines is 1. The fraction of sp³-hybridized carbons (Fsp3) is 0.333. The van der Waals surface area contributed by atoms with E-state index in [1.807, 2.05) is 41.9 Å². The molecule has 2 heterocycles. The Balaban J connectivity index is 1.64. The molecule has 1 amide bonds. The van der Waals surface area contributed by atoms with Crippen LogP contribution in [-0.4, -0.2) is 30.9 Å². The number of rotatable bonds is 6. The SMILES string of the molecule is CCn1ncnc1C(NC(=O)c1[nH]nc(N)c1-c1ccccc1)C1CC1. The highest BCUT2D eigenvalue weighted by molar-refractivity contribution is 6.01. The summed E-state index contributed by atoms with van der Waals surface area (Å²) in [4.78, 5) is 17.4. The molecule has 0 aliphatic heterocycles. The van der Waals surface area contributed by atoms with Crippen LogP contribution in [0.1, 0.15) is 42.1 Å². The maximum atomic E-state index is 13.0. The lowest BCUT2D eigenvalue weighted by Gasteiger charge is -2.18. The zero-order valence-corrected chi connectivity index (χ0v) is 14.5. The minimum atomic E-state index is -0.240. The smallest absolute Gasteiger partial charge is 0.270 e. The third kappa shape index (κ3) is 2.94. The van der Waals surface area contributed by atoms with Gasteiger partial charge in [-0.3, -0.25) is 9.89 Å². The molecule has 0 radical (unpaired) electrons. The molecule has 1 aliphatic rings. The fourth-order valence-electron chi connectivity index (χ4n) is 3.21. The van der Waals surface area contributed by atoms with E-state index in [0.717, 1.165) is 24.2 Å². The van der Waals surface area contributed by atoms with Crippen LogP contribution in [0.2, 0.25) is 0 Å². The molecule has 1 aliphatic carbocycles. The highest BCUT2D eigenvalue weighted by Crippen LogP contribution is 2.40. The summed E-state index contributed by atoms with van der Waals surface area (Å²) in [5, 5.41) is 14.2. The van der Waals surface area contributed by atoms with Gasteiger partial charge in [0.25, 0.3) is 5.91 Å². The van der Waals surface area contributed by atoms with Crippen LogP contribution < -0.4 is 11.1 Å². The quantitative estimate of drug-likeness (QED) is 0.629. The van der Waals surface area contributed by atoms with Gasteiger partial charge in [-0.2, -0.15) is 10.2 Å². The second-order valence-electron chi connectivity index (χ2n) is 6.45. The van der Waals surface area contributed by atoms with E-state index in [4.69, 9.17) is 5.73 Å². The van der Waals surface area contributed by atoms with Crippen LogP contribution in [0.15, 0.2) is 36.7 Å². The van der Waals surface area contributed by atoms with Crippen molar-refractivity contribution in [3.8, 4) is 11.1 Å². The van der Waals surface area contributed by atoms with Gasteiger partial charge in [0, 0.05) is 6.54 Å². The van der Waals surface area contributed by atoms with Gasteiger partial charge in [-0.1, -0.05) is 30.3 Å². The predicted octanol–water partition coefficient (Wildman–Crippen LogP) is 2.15. The number of benzene rings is 1. The number of nitrogens with two attached hydrogens (primary N) is 1. The number of nitrogens with one attached hydrogen (secondary N) is 2. The van der Waals surface area contributed by atoms with E-state index in [2.05, 4.69) is 25.6 Å². The van der Waals surface area contributed by atoms with E-state index in [9.17, 15) is 4.79 Å². The van der Waals surface area contributed by atoms with E-state index in [-0.39, 0.29) is 11.9 Å². The third-order valence-electron chi connectivity index (χ3n) is 4.69. The number of anilines is 1. The van der Waals surface area contributed by atoms with Gasteiger partial charge in [0.1, 0.15) is 17.8 Å². The van der Waals surface area contributed by atoms with Gasteiger partial charge in [0.2, 0.25) is 0 Å². The van der Waals surface area contributed by atoms with E-state index in [1.54, 1.807) is 0 Å². The Bertz CT molecular complexity index is 911. The first-order valence-corrected chi connectivity index (χ1v) is 8.76. The lowest BCUT2D eigenvalue weighted by Crippen LogP contribution is -2.32. The first-order chi connectivity index (χ1) is 12.7. The predicted molar refractivity (Wildman–Crippen MR) is 97.1 cm³/mol. The Labute approximate surface area is 150 Å². The summed E-state index contributed by atoms with van der Waals surface area (Å²) in [5.74, 6) is 1.24. The molecule has 8 heteroatoms. The molecule has 1 atom stereocenters. The Morgan fingerprint density at radius 2 is 2.15 bits per heavy atom. The molecule has 0 spiro atoms. The zero-order chi connectivity index (χ0) is 18.1. The highest BCUT2D eigenvalue weighted by Gasteiger charge is 2.37. The molecule has 8 nitrogen and oxygen atoms in total. The molecule has 4 N–H and O–H groups in total. The second kappa shape index (κ2) is 6.62. The van der Waals surface area contributed by atoms with Gasteiger partial charge in [-0.25, -0.2) is 9.67 Å². The molecule has 1 aromatic carbocycles. The average molecular weight is 351 g/mol. The molecular weight excluding hydrogens is 330 g/mol. The topological polar surface area (TPSA) is 115 Å². The summed E-state index contributed by atoms with van der Waals surface area (Å²) >= 11 is 0. The molecule has 0 saturated heterocycles. The number of H-pyrrole nitrogens is 1. The Hall–Kier alpha value is -3.16.